The van der Waals surface area contributed by atoms with Crippen LogP contribution in [-0.4, -0.2) is 48.0 Å². The number of imidazole rings is 1. The molecule has 1 saturated carbocycles. The summed E-state index contributed by atoms with van der Waals surface area (Å²) in [6.45, 7) is 3.07. The van der Waals surface area contributed by atoms with Gasteiger partial charge in [0.05, 0.1) is 6.33 Å². The first-order valence-corrected chi connectivity index (χ1v) is 8.58. The van der Waals surface area contributed by atoms with Gasteiger partial charge in [0.2, 0.25) is 0 Å². The van der Waals surface area contributed by atoms with Crippen molar-refractivity contribution in [3.8, 4) is 0 Å². The number of sulfonamides is 1. The SMILES string of the molecule is CCNC1CCC(N(C)S(=O)(=O)c2cn(C)cn2)CC1. The first-order valence-electron chi connectivity index (χ1n) is 7.14. The molecular weight excluding hydrogens is 276 g/mol. The van der Waals surface area contributed by atoms with Crippen LogP contribution in [0.25, 0.3) is 0 Å². The van der Waals surface area contributed by atoms with Crippen LogP contribution in [0.1, 0.15) is 32.6 Å². The summed E-state index contributed by atoms with van der Waals surface area (Å²) in [7, 11) is -0.0262. The maximum absolute atomic E-state index is 12.5. The Hall–Kier alpha value is -0.920. The second-order valence-electron chi connectivity index (χ2n) is 5.46. The molecule has 1 aliphatic carbocycles. The molecule has 0 aromatic carbocycles. The molecule has 1 aliphatic rings. The second-order valence-corrected chi connectivity index (χ2v) is 7.41. The van der Waals surface area contributed by atoms with E-state index in [1.165, 1.54) is 10.6 Å². The fourth-order valence-corrected chi connectivity index (χ4v) is 4.18. The van der Waals surface area contributed by atoms with Crippen LogP contribution in [0.3, 0.4) is 0 Å². The molecule has 0 saturated heterocycles. The van der Waals surface area contributed by atoms with Crippen molar-refractivity contribution in [2.75, 3.05) is 13.6 Å². The van der Waals surface area contributed by atoms with Crippen molar-refractivity contribution in [3.63, 3.8) is 0 Å². The summed E-state index contributed by atoms with van der Waals surface area (Å²) in [6.07, 6.45) is 6.93. The molecule has 0 radical (unpaired) electrons. The van der Waals surface area contributed by atoms with E-state index in [0.29, 0.717) is 6.04 Å². The molecule has 0 unspecified atom stereocenters. The Labute approximate surface area is 121 Å². The third-order valence-electron chi connectivity index (χ3n) is 4.03. The van der Waals surface area contributed by atoms with Gasteiger partial charge in [0.25, 0.3) is 10.0 Å². The van der Waals surface area contributed by atoms with Gasteiger partial charge in [-0.2, -0.15) is 4.31 Å². The Morgan fingerprint density at radius 2 is 2.05 bits per heavy atom. The molecule has 1 fully saturated rings. The largest absolute Gasteiger partial charge is 0.339 e. The summed E-state index contributed by atoms with van der Waals surface area (Å²) < 4.78 is 28.1. The van der Waals surface area contributed by atoms with E-state index in [9.17, 15) is 8.42 Å². The highest BCUT2D eigenvalue weighted by Crippen LogP contribution is 2.26. The zero-order valence-electron chi connectivity index (χ0n) is 12.4. The predicted molar refractivity (Wildman–Crippen MR) is 77.9 cm³/mol. The Balaban J connectivity index is 2.03. The summed E-state index contributed by atoms with van der Waals surface area (Å²) in [5.74, 6) is 0. The summed E-state index contributed by atoms with van der Waals surface area (Å²) in [5, 5.41) is 3.57. The number of aryl methyl sites for hydroxylation is 1. The molecule has 0 bridgehead atoms. The Kier molecular flexibility index (Phi) is 4.82. The van der Waals surface area contributed by atoms with Gasteiger partial charge in [-0.3, -0.25) is 0 Å². The lowest BCUT2D eigenvalue weighted by Crippen LogP contribution is -2.43. The summed E-state index contributed by atoms with van der Waals surface area (Å²) in [4.78, 5) is 3.97. The quantitative estimate of drug-likeness (QED) is 0.879. The maximum Gasteiger partial charge on any atom is 0.262 e. The Bertz CT molecular complexity index is 532. The third-order valence-corrected chi connectivity index (χ3v) is 5.82. The van der Waals surface area contributed by atoms with Gasteiger partial charge in [0.1, 0.15) is 0 Å². The van der Waals surface area contributed by atoms with Crippen molar-refractivity contribution >= 4 is 10.0 Å². The van der Waals surface area contributed by atoms with Gasteiger partial charge >= 0.3 is 0 Å². The molecule has 1 heterocycles. The molecule has 20 heavy (non-hydrogen) atoms. The van der Waals surface area contributed by atoms with Crippen LogP contribution < -0.4 is 5.32 Å². The molecule has 0 amide bonds. The van der Waals surface area contributed by atoms with E-state index < -0.39 is 10.0 Å². The molecule has 1 aromatic heterocycles. The summed E-state index contributed by atoms with van der Waals surface area (Å²) >= 11 is 0. The minimum absolute atomic E-state index is 0.0805. The number of nitrogens with one attached hydrogen (secondary N) is 1. The lowest BCUT2D eigenvalue weighted by molar-refractivity contribution is 0.250. The molecule has 6 nitrogen and oxygen atoms in total. The van der Waals surface area contributed by atoms with Crippen LogP contribution in [0.4, 0.5) is 0 Å². The molecule has 0 aliphatic heterocycles. The van der Waals surface area contributed by atoms with Crippen LogP contribution in [-0.2, 0) is 17.1 Å². The summed E-state index contributed by atoms with van der Waals surface area (Å²) in [5.41, 5.74) is 0. The average molecular weight is 300 g/mol. The normalized spacial score (nSPS) is 24.2. The smallest absolute Gasteiger partial charge is 0.262 e. The molecule has 1 aromatic rings. The van der Waals surface area contributed by atoms with Crippen molar-refractivity contribution in [3.05, 3.63) is 12.5 Å². The summed E-state index contributed by atoms with van der Waals surface area (Å²) in [6, 6.07) is 0.610. The minimum Gasteiger partial charge on any atom is -0.339 e. The van der Waals surface area contributed by atoms with E-state index in [1.54, 1.807) is 24.9 Å². The molecule has 1 N–H and O–H groups in total. The van der Waals surface area contributed by atoms with Gasteiger partial charge in [-0.05, 0) is 32.2 Å². The molecule has 0 spiro atoms. The van der Waals surface area contributed by atoms with Crippen molar-refractivity contribution in [2.45, 2.75) is 49.7 Å². The number of aromatic nitrogens is 2. The van der Waals surface area contributed by atoms with Gasteiger partial charge in [-0.15, -0.1) is 0 Å². The Morgan fingerprint density at radius 1 is 1.40 bits per heavy atom. The van der Waals surface area contributed by atoms with Gasteiger partial charge in [-0.25, -0.2) is 13.4 Å². The van der Waals surface area contributed by atoms with Crippen LogP contribution in [0.5, 0.6) is 0 Å². The van der Waals surface area contributed by atoms with Crippen LogP contribution in [0.15, 0.2) is 17.6 Å². The lowest BCUT2D eigenvalue weighted by Gasteiger charge is -2.33. The first-order chi connectivity index (χ1) is 9.45. The number of hydrogen-bond donors (Lipinski definition) is 1. The van der Waals surface area contributed by atoms with E-state index in [1.807, 2.05) is 0 Å². The van der Waals surface area contributed by atoms with Gasteiger partial charge < -0.3 is 9.88 Å². The van der Waals surface area contributed by atoms with Gasteiger partial charge in [-0.1, -0.05) is 6.92 Å². The van der Waals surface area contributed by atoms with Crippen molar-refractivity contribution in [1.82, 2.24) is 19.2 Å². The van der Waals surface area contributed by atoms with Crippen LogP contribution in [0.2, 0.25) is 0 Å². The monoisotopic (exact) mass is 300 g/mol. The topological polar surface area (TPSA) is 67.2 Å². The third kappa shape index (κ3) is 3.21. The van der Waals surface area contributed by atoms with Gasteiger partial charge in [0, 0.05) is 32.4 Å². The highest BCUT2D eigenvalue weighted by molar-refractivity contribution is 7.89. The van der Waals surface area contributed by atoms with E-state index in [4.69, 9.17) is 0 Å². The molecule has 7 heteroatoms. The highest BCUT2D eigenvalue weighted by Gasteiger charge is 2.32. The van der Waals surface area contributed by atoms with E-state index in [2.05, 4.69) is 17.2 Å². The highest BCUT2D eigenvalue weighted by atomic mass is 32.2. The molecule has 0 atom stereocenters. The van der Waals surface area contributed by atoms with Crippen LogP contribution >= 0.6 is 0 Å². The molecule has 2 rings (SSSR count). The average Bonchev–Trinajstić information content (AvgIpc) is 2.86. The zero-order chi connectivity index (χ0) is 14.8. The van der Waals surface area contributed by atoms with E-state index >= 15 is 0 Å². The van der Waals surface area contributed by atoms with E-state index in [-0.39, 0.29) is 11.1 Å². The second kappa shape index (κ2) is 6.24. The van der Waals surface area contributed by atoms with Gasteiger partial charge in [0.15, 0.2) is 5.03 Å². The zero-order valence-corrected chi connectivity index (χ0v) is 13.2. The predicted octanol–water partition coefficient (Wildman–Crippen LogP) is 0.961. The first kappa shape index (κ1) is 15.5. The maximum atomic E-state index is 12.5. The molecular formula is C13H24N4O2S. The standard InChI is InChI=1S/C13H24N4O2S/c1-4-14-11-5-7-12(8-6-11)17(3)20(18,19)13-9-16(2)10-15-13/h9-12,14H,4-8H2,1-3H3. The van der Waals surface area contributed by atoms with Crippen molar-refractivity contribution in [1.29, 1.82) is 0 Å². The van der Waals surface area contributed by atoms with Crippen molar-refractivity contribution in [2.24, 2.45) is 7.05 Å². The fraction of sp³-hybridized carbons (Fsp3) is 0.769. The fourth-order valence-electron chi connectivity index (χ4n) is 2.80. The minimum atomic E-state index is -3.47. The lowest BCUT2D eigenvalue weighted by atomic mass is 9.91. The van der Waals surface area contributed by atoms with Crippen LogP contribution in [0, 0.1) is 0 Å². The number of rotatable bonds is 5. The number of hydrogen-bond acceptors (Lipinski definition) is 4. The van der Waals surface area contributed by atoms with Crippen molar-refractivity contribution < 1.29 is 8.42 Å². The van der Waals surface area contributed by atoms with E-state index in [0.717, 1.165) is 32.2 Å². The number of nitrogens with zero attached hydrogens (tertiary/aromatic N) is 3. The molecule has 114 valence electrons. The Morgan fingerprint density at radius 3 is 2.55 bits per heavy atom.